The minimum absolute atomic E-state index is 0.287. The van der Waals surface area contributed by atoms with Crippen molar-refractivity contribution in [1.82, 2.24) is 4.90 Å². The molecule has 2 rings (SSSR count). The van der Waals surface area contributed by atoms with Crippen molar-refractivity contribution in [3.05, 3.63) is 20.8 Å². The molecule has 0 spiro atoms. The van der Waals surface area contributed by atoms with E-state index in [-0.39, 0.29) is 6.04 Å². The van der Waals surface area contributed by atoms with E-state index in [0.717, 1.165) is 36.1 Å². The zero-order valence-electron chi connectivity index (χ0n) is 10.7. The zero-order chi connectivity index (χ0) is 13.2. The second-order valence-corrected chi connectivity index (χ2v) is 7.77. The van der Waals surface area contributed by atoms with Crippen LogP contribution in [0.25, 0.3) is 0 Å². The van der Waals surface area contributed by atoms with E-state index in [1.165, 1.54) is 4.88 Å². The van der Waals surface area contributed by atoms with E-state index >= 15 is 0 Å². The minimum atomic E-state index is -0.510. The molecule has 1 aliphatic rings. The van der Waals surface area contributed by atoms with Crippen LogP contribution in [0.5, 0.6) is 0 Å². The highest BCUT2D eigenvalue weighted by molar-refractivity contribution is 9.11. The van der Waals surface area contributed by atoms with Gasteiger partial charge in [0.05, 0.1) is 15.4 Å². The standard InChI is InChI=1S/C13H21BrN2OS/c1-13(17)5-2-7-16(8-6-13)10(9-15)11-3-4-12(14)18-11/h3-4,10,17H,2,5-9,15H2,1H3. The van der Waals surface area contributed by atoms with E-state index in [1.54, 1.807) is 11.3 Å². The zero-order valence-corrected chi connectivity index (χ0v) is 13.1. The molecular weight excluding hydrogens is 312 g/mol. The molecule has 0 radical (unpaired) electrons. The Morgan fingerprint density at radius 3 is 2.89 bits per heavy atom. The minimum Gasteiger partial charge on any atom is -0.390 e. The number of nitrogens with zero attached hydrogens (tertiary/aromatic N) is 1. The predicted molar refractivity (Wildman–Crippen MR) is 79.9 cm³/mol. The second kappa shape index (κ2) is 6.01. The molecule has 0 amide bonds. The summed E-state index contributed by atoms with van der Waals surface area (Å²) in [4.78, 5) is 3.73. The molecule has 1 saturated heterocycles. The van der Waals surface area contributed by atoms with Crippen LogP contribution in [0.1, 0.15) is 37.1 Å². The van der Waals surface area contributed by atoms with Crippen molar-refractivity contribution in [3.63, 3.8) is 0 Å². The molecule has 102 valence electrons. The van der Waals surface area contributed by atoms with Gasteiger partial charge in [0.25, 0.3) is 0 Å². The quantitative estimate of drug-likeness (QED) is 0.894. The Hall–Kier alpha value is 0.0600. The van der Waals surface area contributed by atoms with E-state index in [9.17, 15) is 5.11 Å². The van der Waals surface area contributed by atoms with Crippen molar-refractivity contribution in [2.45, 2.75) is 37.8 Å². The molecule has 0 aliphatic carbocycles. The normalized spacial score (nSPS) is 28.0. The Kier molecular flexibility index (Phi) is 4.83. The summed E-state index contributed by atoms with van der Waals surface area (Å²) in [5.41, 5.74) is 5.44. The van der Waals surface area contributed by atoms with Gasteiger partial charge < -0.3 is 10.8 Å². The molecule has 1 aromatic heterocycles. The molecule has 2 heterocycles. The molecule has 2 unspecified atom stereocenters. The number of hydrogen-bond acceptors (Lipinski definition) is 4. The van der Waals surface area contributed by atoms with Crippen molar-refractivity contribution < 1.29 is 5.11 Å². The maximum absolute atomic E-state index is 10.1. The summed E-state index contributed by atoms with van der Waals surface area (Å²) in [6.45, 7) is 4.52. The number of likely N-dealkylation sites (tertiary alicyclic amines) is 1. The fourth-order valence-corrected chi connectivity index (χ4v) is 4.12. The van der Waals surface area contributed by atoms with Gasteiger partial charge >= 0.3 is 0 Å². The Bertz CT molecular complexity index is 394. The van der Waals surface area contributed by atoms with Crippen LogP contribution in [-0.4, -0.2) is 35.2 Å². The lowest BCUT2D eigenvalue weighted by molar-refractivity contribution is 0.0432. The van der Waals surface area contributed by atoms with Crippen molar-refractivity contribution in [1.29, 1.82) is 0 Å². The summed E-state index contributed by atoms with van der Waals surface area (Å²) < 4.78 is 1.15. The highest BCUT2D eigenvalue weighted by Crippen LogP contribution is 2.32. The number of aliphatic hydroxyl groups is 1. The molecule has 2 atom stereocenters. The van der Waals surface area contributed by atoms with Crippen LogP contribution < -0.4 is 5.73 Å². The molecule has 3 N–H and O–H groups in total. The molecule has 1 fully saturated rings. The summed E-state index contributed by atoms with van der Waals surface area (Å²) in [6.07, 6.45) is 2.75. The van der Waals surface area contributed by atoms with Crippen molar-refractivity contribution in [2.24, 2.45) is 5.73 Å². The maximum atomic E-state index is 10.1. The van der Waals surface area contributed by atoms with Crippen LogP contribution in [0, 0.1) is 0 Å². The first-order valence-corrected chi connectivity index (χ1v) is 8.04. The van der Waals surface area contributed by atoms with Gasteiger partial charge in [-0.05, 0) is 60.8 Å². The Morgan fingerprint density at radius 2 is 2.28 bits per heavy atom. The van der Waals surface area contributed by atoms with Gasteiger partial charge in [-0.15, -0.1) is 11.3 Å². The third-order valence-corrected chi connectivity index (χ3v) is 5.41. The fourth-order valence-electron chi connectivity index (χ4n) is 2.55. The van der Waals surface area contributed by atoms with E-state index in [4.69, 9.17) is 5.73 Å². The second-order valence-electron chi connectivity index (χ2n) is 5.28. The third-order valence-electron chi connectivity index (χ3n) is 3.68. The van der Waals surface area contributed by atoms with E-state index in [1.807, 2.05) is 6.92 Å². The van der Waals surface area contributed by atoms with Crippen LogP contribution in [0.3, 0.4) is 0 Å². The largest absolute Gasteiger partial charge is 0.390 e. The van der Waals surface area contributed by atoms with Crippen LogP contribution in [0.2, 0.25) is 0 Å². The molecular formula is C13H21BrN2OS. The fraction of sp³-hybridized carbons (Fsp3) is 0.692. The summed E-state index contributed by atoms with van der Waals surface area (Å²) in [5, 5.41) is 10.1. The van der Waals surface area contributed by atoms with Gasteiger partial charge in [-0.25, -0.2) is 0 Å². The first-order valence-electron chi connectivity index (χ1n) is 6.43. The first kappa shape index (κ1) is 14.5. The van der Waals surface area contributed by atoms with Gasteiger partial charge in [0, 0.05) is 18.0 Å². The number of rotatable bonds is 3. The smallest absolute Gasteiger partial charge is 0.0702 e. The van der Waals surface area contributed by atoms with E-state index in [0.29, 0.717) is 6.54 Å². The molecule has 0 bridgehead atoms. The molecule has 0 saturated carbocycles. The van der Waals surface area contributed by atoms with E-state index in [2.05, 4.69) is 33.0 Å². The highest BCUT2D eigenvalue weighted by atomic mass is 79.9. The monoisotopic (exact) mass is 332 g/mol. The summed E-state index contributed by atoms with van der Waals surface area (Å²) in [5.74, 6) is 0. The van der Waals surface area contributed by atoms with Crippen LogP contribution in [-0.2, 0) is 0 Å². The average Bonchev–Trinajstić information content (AvgIpc) is 2.64. The van der Waals surface area contributed by atoms with Crippen molar-refractivity contribution in [2.75, 3.05) is 19.6 Å². The summed E-state index contributed by atoms with van der Waals surface area (Å²) in [6, 6.07) is 4.52. The average molecular weight is 333 g/mol. The van der Waals surface area contributed by atoms with Crippen molar-refractivity contribution in [3.8, 4) is 0 Å². The van der Waals surface area contributed by atoms with Gasteiger partial charge in [-0.1, -0.05) is 0 Å². The van der Waals surface area contributed by atoms with Gasteiger partial charge in [-0.2, -0.15) is 0 Å². The molecule has 3 nitrogen and oxygen atoms in total. The number of hydrogen-bond donors (Lipinski definition) is 2. The molecule has 5 heteroatoms. The van der Waals surface area contributed by atoms with Crippen LogP contribution >= 0.6 is 27.3 Å². The lowest BCUT2D eigenvalue weighted by Gasteiger charge is -2.29. The lowest BCUT2D eigenvalue weighted by atomic mass is 9.98. The number of nitrogens with two attached hydrogens (primary N) is 1. The van der Waals surface area contributed by atoms with Gasteiger partial charge in [-0.3, -0.25) is 4.90 Å². The van der Waals surface area contributed by atoms with Crippen molar-refractivity contribution >= 4 is 27.3 Å². The first-order chi connectivity index (χ1) is 8.52. The van der Waals surface area contributed by atoms with Crippen LogP contribution in [0.4, 0.5) is 0 Å². The molecule has 1 aliphatic heterocycles. The maximum Gasteiger partial charge on any atom is 0.0702 e. The highest BCUT2D eigenvalue weighted by Gasteiger charge is 2.28. The molecule has 1 aromatic rings. The Morgan fingerprint density at radius 1 is 1.50 bits per heavy atom. The topological polar surface area (TPSA) is 49.5 Å². The summed E-state index contributed by atoms with van der Waals surface area (Å²) in [7, 11) is 0. The van der Waals surface area contributed by atoms with Gasteiger partial charge in [0.2, 0.25) is 0 Å². The third kappa shape index (κ3) is 3.54. The Labute approximate surface area is 121 Å². The molecule has 18 heavy (non-hydrogen) atoms. The lowest BCUT2D eigenvalue weighted by Crippen LogP contribution is -2.35. The summed E-state index contributed by atoms with van der Waals surface area (Å²) >= 11 is 5.26. The van der Waals surface area contributed by atoms with Gasteiger partial charge in [0.15, 0.2) is 0 Å². The Balaban J connectivity index is 2.08. The SMILES string of the molecule is CC1(O)CCCN(C(CN)c2ccc(Br)s2)CC1. The number of thiophene rings is 1. The van der Waals surface area contributed by atoms with Gasteiger partial charge in [0.1, 0.15) is 0 Å². The predicted octanol–water partition coefficient (Wildman–Crippen LogP) is 2.75. The molecule has 0 aromatic carbocycles. The van der Waals surface area contributed by atoms with Crippen LogP contribution in [0.15, 0.2) is 15.9 Å². The van der Waals surface area contributed by atoms with E-state index < -0.39 is 5.60 Å². The number of halogens is 1.